The van der Waals surface area contributed by atoms with Crippen LogP contribution in [0.3, 0.4) is 0 Å². The Bertz CT molecular complexity index is 1320. The van der Waals surface area contributed by atoms with Crippen LogP contribution in [0.25, 0.3) is 0 Å². The third-order valence-electron chi connectivity index (χ3n) is 5.54. The highest BCUT2D eigenvalue weighted by Crippen LogP contribution is 2.31. The van der Waals surface area contributed by atoms with E-state index in [0.29, 0.717) is 0 Å². The van der Waals surface area contributed by atoms with Gasteiger partial charge in [0, 0.05) is 11.4 Å². The Kier molecular flexibility index (Phi) is 6.65. The summed E-state index contributed by atoms with van der Waals surface area (Å²) in [5.41, 5.74) is 1.43. The molecular weight excluding hydrogens is 476 g/mol. The number of sulfonamides is 1. The smallest absolute Gasteiger partial charge is 0.337 e. The van der Waals surface area contributed by atoms with Crippen LogP contribution in [0.2, 0.25) is 0 Å². The second-order valence-corrected chi connectivity index (χ2v) is 10.7. The predicted octanol–water partition coefficient (Wildman–Crippen LogP) is 3.37. The molecule has 2 amide bonds. The van der Waals surface area contributed by atoms with Gasteiger partial charge < -0.3 is 4.74 Å². The number of ether oxygens (including phenoxy) is 1. The molecule has 0 radical (unpaired) electrons. The van der Waals surface area contributed by atoms with Gasteiger partial charge in [-0.05, 0) is 54.8 Å². The summed E-state index contributed by atoms with van der Waals surface area (Å²) >= 11 is 1.37. The summed E-state index contributed by atoms with van der Waals surface area (Å²) in [6.45, 7) is 1.81. The number of amides is 2. The molecule has 1 fully saturated rings. The third kappa shape index (κ3) is 4.52. The number of anilines is 1. The molecule has 0 spiro atoms. The highest BCUT2D eigenvalue weighted by Gasteiger charge is 2.47. The van der Waals surface area contributed by atoms with Crippen LogP contribution in [-0.2, 0) is 30.9 Å². The minimum atomic E-state index is -4.08. The van der Waals surface area contributed by atoms with E-state index in [1.165, 1.54) is 54.8 Å². The number of thiophene rings is 1. The fourth-order valence-corrected chi connectivity index (χ4v) is 6.09. The van der Waals surface area contributed by atoms with Crippen molar-refractivity contribution in [2.75, 3.05) is 12.0 Å². The maximum atomic E-state index is 13.6. The van der Waals surface area contributed by atoms with Crippen molar-refractivity contribution in [1.82, 2.24) is 4.31 Å². The quantitative estimate of drug-likeness (QED) is 0.366. The van der Waals surface area contributed by atoms with Crippen LogP contribution >= 0.6 is 11.3 Å². The summed E-state index contributed by atoms with van der Waals surface area (Å²) in [4.78, 5) is 39.7. The Labute approximate surface area is 201 Å². The Morgan fingerprint density at radius 1 is 1.09 bits per heavy atom. The molecular formula is C24H22N2O6S2. The van der Waals surface area contributed by atoms with Crippen molar-refractivity contribution in [3.05, 3.63) is 82.0 Å². The summed E-state index contributed by atoms with van der Waals surface area (Å²) in [5, 5.41) is 1.82. The lowest BCUT2D eigenvalue weighted by Crippen LogP contribution is -2.44. The Morgan fingerprint density at radius 3 is 2.35 bits per heavy atom. The van der Waals surface area contributed by atoms with E-state index in [2.05, 4.69) is 4.74 Å². The van der Waals surface area contributed by atoms with Gasteiger partial charge in [0.15, 0.2) is 0 Å². The first kappa shape index (κ1) is 23.8. The number of hydrogen-bond acceptors (Lipinski definition) is 7. The van der Waals surface area contributed by atoms with Crippen molar-refractivity contribution in [2.45, 2.75) is 30.8 Å². The monoisotopic (exact) mass is 498 g/mol. The number of nitrogens with zero attached hydrogens (tertiary/aromatic N) is 2. The molecule has 1 aliphatic rings. The molecule has 0 bridgehead atoms. The van der Waals surface area contributed by atoms with E-state index >= 15 is 0 Å². The lowest BCUT2D eigenvalue weighted by molar-refractivity contribution is -0.122. The van der Waals surface area contributed by atoms with E-state index in [9.17, 15) is 22.8 Å². The predicted molar refractivity (Wildman–Crippen MR) is 127 cm³/mol. The maximum absolute atomic E-state index is 13.6. The molecule has 0 aliphatic carbocycles. The average Bonchev–Trinajstić information content (AvgIpc) is 3.44. The van der Waals surface area contributed by atoms with Gasteiger partial charge in [-0.25, -0.2) is 18.1 Å². The second-order valence-electron chi connectivity index (χ2n) is 7.77. The summed E-state index contributed by atoms with van der Waals surface area (Å²) in [6.07, 6.45) is -0.284. The van der Waals surface area contributed by atoms with Gasteiger partial charge in [-0.1, -0.05) is 23.8 Å². The van der Waals surface area contributed by atoms with Crippen LogP contribution in [0.15, 0.2) is 70.9 Å². The van der Waals surface area contributed by atoms with Gasteiger partial charge >= 0.3 is 5.97 Å². The number of benzene rings is 2. The highest BCUT2D eigenvalue weighted by atomic mass is 32.2. The summed E-state index contributed by atoms with van der Waals surface area (Å²) in [7, 11) is -2.83. The molecule has 8 nitrogen and oxygen atoms in total. The molecule has 4 rings (SSSR count). The summed E-state index contributed by atoms with van der Waals surface area (Å²) in [6, 6.07) is 14.6. The molecule has 2 heterocycles. The zero-order valence-electron chi connectivity index (χ0n) is 18.5. The molecule has 2 aromatic carbocycles. The van der Waals surface area contributed by atoms with Gasteiger partial charge in [-0.15, -0.1) is 11.3 Å². The zero-order chi connectivity index (χ0) is 24.5. The molecule has 10 heteroatoms. The Balaban J connectivity index is 1.69. The lowest BCUT2D eigenvalue weighted by atomic mass is 10.2. The SMILES string of the molecule is COC(=O)c1ccc(N2C(=O)CC(N(Cc3cccs3)S(=O)(=O)c3ccc(C)cc3)C2=O)cc1. The number of rotatable bonds is 7. The molecule has 3 aromatic rings. The molecule has 1 aromatic heterocycles. The summed E-state index contributed by atoms with van der Waals surface area (Å²) in [5.74, 6) is -1.70. The largest absolute Gasteiger partial charge is 0.465 e. The van der Waals surface area contributed by atoms with Crippen molar-refractivity contribution in [3.8, 4) is 0 Å². The van der Waals surface area contributed by atoms with Gasteiger partial charge in [0.2, 0.25) is 15.9 Å². The standard InChI is InChI=1S/C24H22N2O6S2/c1-16-5-11-20(12-6-16)34(30,31)25(15-19-4-3-13-33-19)21-14-22(27)26(23(21)28)18-9-7-17(8-10-18)24(29)32-2/h3-13,21H,14-15H2,1-2H3. The van der Waals surface area contributed by atoms with Crippen molar-refractivity contribution >= 4 is 44.8 Å². The number of aryl methyl sites for hydroxylation is 1. The molecule has 1 unspecified atom stereocenters. The van der Waals surface area contributed by atoms with E-state index in [0.717, 1.165) is 19.6 Å². The van der Waals surface area contributed by atoms with Crippen molar-refractivity contribution < 1.29 is 27.5 Å². The molecule has 0 saturated carbocycles. The van der Waals surface area contributed by atoms with Gasteiger partial charge in [0.25, 0.3) is 5.91 Å². The van der Waals surface area contributed by atoms with Gasteiger partial charge in [-0.2, -0.15) is 4.31 Å². The lowest BCUT2D eigenvalue weighted by Gasteiger charge is -2.26. The number of carbonyl (C=O) groups excluding carboxylic acids is 3. The van der Waals surface area contributed by atoms with E-state index in [-0.39, 0.29) is 29.1 Å². The van der Waals surface area contributed by atoms with Crippen molar-refractivity contribution in [1.29, 1.82) is 0 Å². The minimum absolute atomic E-state index is 0.0350. The number of hydrogen-bond donors (Lipinski definition) is 0. The first-order valence-corrected chi connectivity index (χ1v) is 12.7. The fraction of sp³-hybridized carbons (Fsp3) is 0.208. The molecule has 34 heavy (non-hydrogen) atoms. The first-order valence-electron chi connectivity index (χ1n) is 10.4. The van der Waals surface area contributed by atoms with Gasteiger partial charge in [0.05, 0.1) is 29.7 Å². The van der Waals surface area contributed by atoms with Crippen molar-refractivity contribution in [3.63, 3.8) is 0 Å². The maximum Gasteiger partial charge on any atom is 0.337 e. The molecule has 1 atom stereocenters. The fourth-order valence-electron chi connectivity index (χ4n) is 3.74. The number of methoxy groups -OCH3 is 1. The van der Waals surface area contributed by atoms with Crippen molar-refractivity contribution in [2.24, 2.45) is 0 Å². The van der Waals surface area contributed by atoms with E-state index in [1.807, 2.05) is 12.3 Å². The average molecular weight is 499 g/mol. The van der Waals surface area contributed by atoms with Gasteiger partial charge in [0.1, 0.15) is 6.04 Å². The van der Waals surface area contributed by atoms with E-state index in [4.69, 9.17) is 0 Å². The first-order chi connectivity index (χ1) is 16.2. The van der Waals surface area contributed by atoms with E-state index < -0.39 is 33.8 Å². The molecule has 1 aliphatic heterocycles. The van der Waals surface area contributed by atoms with Crippen LogP contribution in [0.4, 0.5) is 5.69 Å². The number of carbonyl (C=O) groups is 3. The molecule has 1 saturated heterocycles. The summed E-state index contributed by atoms with van der Waals surface area (Å²) < 4.78 is 33.0. The van der Waals surface area contributed by atoms with Crippen LogP contribution in [0, 0.1) is 6.92 Å². The van der Waals surface area contributed by atoms with Crippen LogP contribution in [0.1, 0.15) is 27.2 Å². The van der Waals surface area contributed by atoms with Crippen LogP contribution in [0.5, 0.6) is 0 Å². The molecule has 0 N–H and O–H groups in total. The normalized spacial score (nSPS) is 16.3. The topological polar surface area (TPSA) is 101 Å². The number of imide groups is 1. The van der Waals surface area contributed by atoms with Gasteiger partial charge in [-0.3, -0.25) is 9.59 Å². The highest BCUT2D eigenvalue weighted by molar-refractivity contribution is 7.89. The third-order valence-corrected chi connectivity index (χ3v) is 8.27. The van der Waals surface area contributed by atoms with E-state index in [1.54, 1.807) is 24.3 Å². The minimum Gasteiger partial charge on any atom is -0.465 e. The Hall–Kier alpha value is -3.34. The van der Waals surface area contributed by atoms with Crippen LogP contribution < -0.4 is 4.90 Å². The Morgan fingerprint density at radius 2 is 1.76 bits per heavy atom. The molecule has 176 valence electrons. The number of esters is 1. The second kappa shape index (κ2) is 9.49. The van der Waals surface area contributed by atoms with Crippen LogP contribution in [-0.4, -0.2) is 43.7 Å². The zero-order valence-corrected chi connectivity index (χ0v) is 20.1.